The summed E-state index contributed by atoms with van der Waals surface area (Å²) in [6.45, 7) is 0. The van der Waals surface area contributed by atoms with E-state index >= 15 is 0 Å². The van der Waals surface area contributed by atoms with Gasteiger partial charge in [-0.25, -0.2) is 0 Å². The molecule has 5 nitrogen and oxygen atoms in total. The molecule has 0 saturated carbocycles. The minimum absolute atomic E-state index is 0.106. The molecule has 0 aliphatic carbocycles. The van der Waals surface area contributed by atoms with E-state index in [1.807, 2.05) is 48.5 Å². The third-order valence-corrected chi connectivity index (χ3v) is 4.05. The second kappa shape index (κ2) is 8.67. The molecule has 0 radical (unpaired) electrons. The standard InChI is InChI=1S/C22H21N3O2/c1-23-20-13-6-5-12-19(20)22(27)25-18-11-7-10-17(15-18)24-21(26)14-16-8-3-2-4-9-16/h2-13,15,23H,14H2,1H3,(H,24,26)(H,25,27). The first-order valence-corrected chi connectivity index (χ1v) is 8.67. The van der Waals surface area contributed by atoms with Crippen LogP contribution < -0.4 is 16.0 Å². The van der Waals surface area contributed by atoms with Gasteiger partial charge in [-0.2, -0.15) is 0 Å². The summed E-state index contributed by atoms with van der Waals surface area (Å²) < 4.78 is 0. The Balaban J connectivity index is 1.66. The van der Waals surface area contributed by atoms with Crippen LogP contribution in [0.4, 0.5) is 17.1 Å². The lowest BCUT2D eigenvalue weighted by atomic mass is 10.1. The molecule has 0 fully saturated rings. The van der Waals surface area contributed by atoms with Crippen molar-refractivity contribution in [1.82, 2.24) is 0 Å². The number of rotatable bonds is 6. The molecule has 27 heavy (non-hydrogen) atoms. The van der Waals surface area contributed by atoms with E-state index in [4.69, 9.17) is 0 Å². The van der Waals surface area contributed by atoms with E-state index in [1.165, 1.54) is 0 Å². The normalized spacial score (nSPS) is 10.1. The highest BCUT2D eigenvalue weighted by Crippen LogP contribution is 2.19. The quantitative estimate of drug-likeness (QED) is 0.619. The maximum atomic E-state index is 12.5. The van der Waals surface area contributed by atoms with Crippen LogP contribution in [-0.4, -0.2) is 18.9 Å². The van der Waals surface area contributed by atoms with Crippen molar-refractivity contribution in [1.29, 1.82) is 0 Å². The van der Waals surface area contributed by atoms with Crippen LogP contribution in [0.25, 0.3) is 0 Å². The van der Waals surface area contributed by atoms with Gasteiger partial charge in [-0.3, -0.25) is 9.59 Å². The summed E-state index contributed by atoms with van der Waals surface area (Å²) in [7, 11) is 1.77. The van der Waals surface area contributed by atoms with Crippen LogP contribution in [0.3, 0.4) is 0 Å². The number of carbonyl (C=O) groups is 2. The zero-order valence-electron chi connectivity index (χ0n) is 15.0. The molecule has 0 bridgehead atoms. The average molecular weight is 359 g/mol. The van der Waals surface area contributed by atoms with E-state index in [2.05, 4.69) is 16.0 Å². The Morgan fingerprint density at radius 2 is 1.44 bits per heavy atom. The van der Waals surface area contributed by atoms with Gasteiger partial charge in [0.1, 0.15) is 0 Å². The smallest absolute Gasteiger partial charge is 0.257 e. The van der Waals surface area contributed by atoms with Crippen molar-refractivity contribution >= 4 is 28.9 Å². The van der Waals surface area contributed by atoms with E-state index in [1.54, 1.807) is 37.4 Å². The highest BCUT2D eigenvalue weighted by molar-refractivity contribution is 6.08. The van der Waals surface area contributed by atoms with Gasteiger partial charge in [0.25, 0.3) is 5.91 Å². The molecule has 0 spiro atoms. The van der Waals surface area contributed by atoms with Crippen molar-refractivity contribution in [3.05, 3.63) is 90.0 Å². The molecule has 0 unspecified atom stereocenters. The maximum Gasteiger partial charge on any atom is 0.257 e. The molecule has 2 amide bonds. The summed E-state index contributed by atoms with van der Waals surface area (Å²) in [5.41, 5.74) is 3.50. The van der Waals surface area contributed by atoms with Crippen LogP contribution in [-0.2, 0) is 11.2 Å². The number of carbonyl (C=O) groups excluding carboxylic acids is 2. The molecule has 0 heterocycles. The summed E-state index contributed by atoms with van der Waals surface area (Å²) in [5, 5.41) is 8.73. The molecule has 0 aliphatic rings. The summed E-state index contributed by atoms with van der Waals surface area (Å²) in [5.74, 6) is -0.321. The molecule has 0 atom stereocenters. The van der Waals surface area contributed by atoms with Crippen molar-refractivity contribution < 1.29 is 9.59 Å². The Morgan fingerprint density at radius 3 is 2.19 bits per heavy atom. The second-order valence-electron chi connectivity index (χ2n) is 6.04. The largest absolute Gasteiger partial charge is 0.387 e. The van der Waals surface area contributed by atoms with E-state index < -0.39 is 0 Å². The Kier molecular flexibility index (Phi) is 5.84. The lowest BCUT2D eigenvalue weighted by molar-refractivity contribution is -0.115. The summed E-state index contributed by atoms with van der Waals surface area (Å²) in [4.78, 5) is 24.7. The molecule has 3 aromatic rings. The number of anilines is 3. The summed E-state index contributed by atoms with van der Waals surface area (Å²) in [6.07, 6.45) is 0.299. The van der Waals surface area contributed by atoms with Crippen LogP contribution >= 0.6 is 0 Å². The minimum atomic E-state index is -0.215. The van der Waals surface area contributed by atoms with Crippen LogP contribution in [0.5, 0.6) is 0 Å². The predicted molar refractivity (Wildman–Crippen MR) is 109 cm³/mol. The molecule has 5 heteroatoms. The van der Waals surface area contributed by atoms with E-state index in [9.17, 15) is 9.59 Å². The molecule has 3 aromatic carbocycles. The number of nitrogens with one attached hydrogen (secondary N) is 3. The molecular formula is C22H21N3O2. The minimum Gasteiger partial charge on any atom is -0.387 e. The second-order valence-corrected chi connectivity index (χ2v) is 6.04. The van der Waals surface area contributed by atoms with Gasteiger partial charge in [0.15, 0.2) is 0 Å². The van der Waals surface area contributed by atoms with Gasteiger partial charge in [0, 0.05) is 24.1 Å². The van der Waals surface area contributed by atoms with Crippen LogP contribution in [0.1, 0.15) is 15.9 Å². The van der Waals surface area contributed by atoms with E-state index in [-0.39, 0.29) is 11.8 Å². The zero-order chi connectivity index (χ0) is 19.1. The monoisotopic (exact) mass is 359 g/mol. The third kappa shape index (κ3) is 4.95. The number of amides is 2. The number of para-hydroxylation sites is 1. The van der Waals surface area contributed by atoms with Gasteiger partial charge >= 0.3 is 0 Å². The first-order valence-electron chi connectivity index (χ1n) is 8.67. The van der Waals surface area contributed by atoms with Gasteiger partial charge in [-0.05, 0) is 35.9 Å². The fourth-order valence-corrected chi connectivity index (χ4v) is 2.76. The Morgan fingerprint density at radius 1 is 0.778 bits per heavy atom. The van der Waals surface area contributed by atoms with Crippen LogP contribution in [0.15, 0.2) is 78.9 Å². The van der Waals surface area contributed by atoms with Crippen molar-refractivity contribution in [2.45, 2.75) is 6.42 Å². The van der Waals surface area contributed by atoms with Crippen molar-refractivity contribution in [2.24, 2.45) is 0 Å². The van der Waals surface area contributed by atoms with Crippen LogP contribution in [0.2, 0.25) is 0 Å². The first-order chi connectivity index (χ1) is 13.2. The summed E-state index contributed by atoms with van der Waals surface area (Å²) in [6, 6.07) is 23.9. The van der Waals surface area contributed by atoms with Crippen molar-refractivity contribution in [2.75, 3.05) is 23.0 Å². The molecule has 136 valence electrons. The summed E-state index contributed by atoms with van der Waals surface area (Å²) >= 11 is 0. The van der Waals surface area contributed by atoms with Gasteiger partial charge in [-0.15, -0.1) is 0 Å². The van der Waals surface area contributed by atoms with Crippen LogP contribution in [0, 0.1) is 0 Å². The lowest BCUT2D eigenvalue weighted by Gasteiger charge is -2.11. The molecule has 0 aromatic heterocycles. The molecule has 3 N–H and O–H groups in total. The maximum absolute atomic E-state index is 12.5. The zero-order valence-corrected chi connectivity index (χ0v) is 15.0. The number of hydrogen-bond acceptors (Lipinski definition) is 3. The Bertz CT molecular complexity index is 939. The fraction of sp³-hybridized carbons (Fsp3) is 0.0909. The Labute approximate surface area is 158 Å². The van der Waals surface area contributed by atoms with Gasteiger partial charge in [0.05, 0.1) is 12.0 Å². The molecule has 0 saturated heterocycles. The lowest BCUT2D eigenvalue weighted by Crippen LogP contribution is -2.16. The van der Waals surface area contributed by atoms with E-state index in [0.29, 0.717) is 23.4 Å². The first kappa shape index (κ1) is 18.2. The van der Waals surface area contributed by atoms with Crippen molar-refractivity contribution in [3.8, 4) is 0 Å². The van der Waals surface area contributed by atoms with Gasteiger partial charge in [0.2, 0.25) is 5.91 Å². The van der Waals surface area contributed by atoms with Gasteiger partial charge < -0.3 is 16.0 Å². The van der Waals surface area contributed by atoms with Gasteiger partial charge in [-0.1, -0.05) is 48.5 Å². The molecule has 3 rings (SSSR count). The topological polar surface area (TPSA) is 70.2 Å². The number of benzene rings is 3. The third-order valence-electron chi connectivity index (χ3n) is 4.05. The van der Waals surface area contributed by atoms with E-state index in [0.717, 1.165) is 11.3 Å². The number of hydrogen-bond donors (Lipinski definition) is 3. The Hall–Kier alpha value is -3.60. The highest BCUT2D eigenvalue weighted by Gasteiger charge is 2.11. The van der Waals surface area contributed by atoms with Crippen molar-refractivity contribution in [3.63, 3.8) is 0 Å². The highest BCUT2D eigenvalue weighted by atomic mass is 16.2. The molecule has 0 aliphatic heterocycles. The molecular weight excluding hydrogens is 338 g/mol. The SMILES string of the molecule is CNc1ccccc1C(=O)Nc1cccc(NC(=O)Cc2ccccc2)c1. The average Bonchev–Trinajstić information content (AvgIpc) is 2.69. The fourth-order valence-electron chi connectivity index (χ4n) is 2.76. The predicted octanol–water partition coefficient (Wildman–Crippen LogP) is 4.16.